The molecule has 1 amide bonds. The van der Waals surface area contributed by atoms with Crippen molar-refractivity contribution in [3.8, 4) is 0 Å². The maximum absolute atomic E-state index is 11.7. The number of hydrogen-bond donors (Lipinski definition) is 2. The Bertz CT molecular complexity index is 771. The molecular formula is C20H22I2N2O3. The number of benzene rings is 2. The molecule has 0 radical (unpaired) electrons. The molecule has 0 saturated carbocycles. The Hall–Kier alpha value is -1.20. The van der Waals surface area contributed by atoms with E-state index in [9.17, 15) is 9.59 Å². The average Bonchev–Trinajstić information content (AvgIpc) is 2.52. The smallest absolute Gasteiger partial charge is 0.335 e. The second kappa shape index (κ2) is 11.6. The molecule has 0 aliphatic carbocycles. The van der Waals surface area contributed by atoms with Crippen LogP contribution in [0.3, 0.4) is 0 Å². The van der Waals surface area contributed by atoms with Crippen LogP contribution in [0.5, 0.6) is 0 Å². The fraction of sp³-hybridized carbons (Fsp3) is 0.300. The number of hydrogen-bond acceptors (Lipinski definition) is 3. The summed E-state index contributed by atoms with van der Waals surface area (Å²) in [5.41, 5.74) is 1.15. The van der Waals surface area contributed by atoms with Crippen LogP contribution in [0.25, 0.3) is 0 Å². The number of carboxylic acid groups (broad SMARTS) is 1. The third kappa shape index (κ3) is 7.74. The Balaban J connectivity index is 0.000000164. The lowest BCUT2D eigenvalue weighted by Crippen LogP contribution is -2.42. The van der Waals surface area contributed by atoms with Gasteiger partial charge in [0.05, 0.1) is 5.56 Å². The van der Waals surface area contributed by atoms with E-state index in [0.29, 0.717) is 5.56 Å². The van der Waals surface area contributed by atoms with Crippen LogP contribution in [0.2, 0.25) is 0 Å². The van der Waals surface area contributed by atoms with Gasteiger partial charge < -0.3 is 15.3 Å². The van der Waals surface area contributed by atoms with E-state index in [0.717, 1.165) is 32.2 Å². The van der Waals surface area contributed by atoms with E-state index in [1.165, 1.54) is 19.5 Å². The zero-order valence-corrected chi connectivity index (χ0v) is 19.1. The van der Waals surface area contributed by atoms with Crippen LogP contribution >= 0.6 is 45.2 Å². The average molecular weight is 592 g/mol. The Morgan fingerprint density at radius 2 is 1.37 bits per heavy atom. The van der Waals surface area contributed by atoms with E-state index in [4.69, 9.17) is 5.11 Å². The summed E-state index contributed by atoms with van der Waals surface area (Å²) in [5, 5.41) is 11.6. The predicted octanol–water partition coefficient (Wildman–Crippen LogP) is 4.11. The fourth-order valence-corrected chi connectivity index (χ4v) is 3.21. The first kappa shape index (κ1) is 22.1. The van der Waals surface area contributed by atoms with E-state index in [1.54, 1.807) is 18.2 Å². The second-order valence-corrected chi connectivity index (χ2v) is 8.57. The lowest BCUT2D eigenvalue weighted by Gasteiger charge is -2.30. The first-order valence-electron chi connectivity index (χ1n) is 8.72. The normalized spacial score (nSPS) is 14.4. The highest BCUT2D eigenvalue weighted by atomic mass is 127. The van der Waals surface area contributed by atoms with Crippen molar-refractivity contribution in [2.45, 2.75) is 12.8 Å². The Kier molecular flexibility index (Phi) is 9.49. The number of carboxylic acids is 1. The van der Waals surface area contributed by atoms with Gasteiger partial charge in [-0.15, -0.1) is 0 Å². The molecule has 2 aliphatic heterocycles. The van der Waals surface area contributed by atoms with E-state index in [1.807, 2.05) is 35.2 Å². The molecule has 0 spiro atoms. The first-order chi connectivity index (χ1) is 13.0. The van der Waals surface area contributed by atoms with E-state index in [2.05, 4.69) is 50.5 Å². The third-order valence-electron chi connectivity index (χ3n) is 3.99. The minimum Gasteiger partial charge on any atom is -0.478 e. The molecule has 4 rings (SSSR count). The molecule has 0 aromatic heterocycles. The zero-order chi connectivity index (χ0) is 19.6. The van der Waals surface area contributed by atoms with Gasteiger partial charge in [-0.05, 0) is 108 Å². The van der Waals surface area contributed by atoms with Crippen molar-refractivity contribution in [3.63, 3.8) is 0 Å². The van der Waals surface area contributed by atoms with Crippen molar-refractivity contribution in [3.05, 3.63) is 66.8 Å². The molecule has 5 nitrogen and oxygen atoms in total. The Labute approximate surface area is 186 Å². The molecule has 0 bridgehead atoms. The topological polar surface area (TPSA) is 69.6 Å². The number of halogens is 2. The van der Waals surface area contributed by atoms with Gasteiger partial charge in [0, 0.05) is 25.8 Å². The van der Waals surface area contributed by atoms with Crippen molar-refractivity contribution in [2.24, 2.45) is 0 Å². The fourth-order valence-electron chi connectivity index (χ4n) is 2.12. The van der Waals surface area contributed by atoms with Gasteiger partial charge in [0.2, 0.25) is 0 Å². The molecule has 2 N–H and O–H groups in total. The zero-order valence-electron chi connectivity index (χ0n) is 14.8. The largest absolute Gasteiger partial charge is 0.478 e. The van der Waals surface area contributed by atoms with Gasteiger partial charge in [-0.2, -0.15) is 0 Å². The lowest BCUT2D eigenvalue weighted by atomic mass is 10.1. The minimum atomic E-state index is -0.876. The van der Waals surface area contributed by atoms with Gasteiger partial charge in [0.15, 0.2) is 0 Å². The predicted molar refractivity (Wildman–Crippen MR) is 123 cm³/mol. The van der Waals surface area contributed by atoms with E-state index >= 15 is 0 Å². The molecule has 2 saturated heterocycles. The van der Waals surface area contributed by atoms with Crippen LogP contribution in [0.4, 0.5) is 0 Å². The Morgan fingerprint density at radius 1 is 0.889 bits per heavy atom. The molecule has 7 heteroatoms. The Morgan fingerprint density at radius 3 is 1.70 bits per heavy atom. The van der Waals surface area contributed by atoms with Crippen LogP contribution in [0.1, 0.15) is 33.6 Å². The summed E-state index contributed by atoms with van der Waals surface area (Å²) in [6, 6.07) is 14.5. The summed E-state index contributed by atoms with van der Waals surface area (Å²) >= 11 is 4.30. The summed E-state index contributed by atoms with van der Waals surface area (Å²) in [7, 11) is 0. The van der Waals surface area contributed by atoms with Crippen molar-refractivity contribution >= 4 is 57.1 Å². The van der Waals surface area contributed by atoms with Crippen LogP contribution < -0.4 is 5.32 Å². The monoisotopic (exact) mass is 592 g/mol. The summed E-state index contributed by atoms with van der Waals surface area (Å²) in [6.07, 6.45) is 2.54. The molecule has 2 aliphatic rings. The minimum absolute atomic E-state index is 0.171. The number of nitrogens with zero attached hydrogens (tertiary/aromatic N) is 1. The first-order valence-corrected chi connectivity index (χ1v) is 10.9. The van der Waals surface area contributed by atoms with Gasteiger partial charge in [0.25, 0.3) is 5.91 Å². The summed E-state index contributed by atoms with van der Waals surface area (Å²) < 4.78 is 2.06. The molecule has 2 aromatic rings. The second-order valence-electron chi connectivity index (χ2n) is 6.08. The van der Waals surface area contributed by atoms with Crippen LogP contribution in [-0.4, -0.2) is 48.1 Å². The van der Waals surface area contributed by atoms with Gasteiger partial charge in [0.1, 0.15) is 0 Å². The highest BCUT2D eigenvalue weighted by molar-refractivity contribution is 14.1. The van der Waals surface area contributed by atoms with Crippen LogP contribution in [-0.2, 0) is 0 Å². The SMILES string of the molecule is C1CNC1.O=C(O)c1cccc(I)c1.O=C(c1cccc(I)c1)N1CCC1. The third-order valence-corrected chi connectivity index (χ3v) is 5.34. The number of likely N-dealkylation sites (tertiary alicyclic amines) is 1. The molecule has 2 fully saturated rings. The summed E-state index contributed by atoms with van der Waals surface area (Å²) in [6.45, 7) is 4.34. The van der Waals surface area contributed by atoms with Gasteiger partial charge in [-0.25, -0.2) is 4.79 Å². The standard InChI is InChI=1S/C10H10INO.C7H5IO2.C3H7N/c11-9-4-1-3-8(7-9)10(13)12-5-2-6-12;8-6-3-1-2-5(4-6)7(9)10;1-2-4-3-1/h1,3-4,7H,2,5-6H2;1-4H,(H,9,10);4H,1-3H2. The lowest BCUT2D eigenvalue weighted by molar-refractivity contribution is 0.0650. The number of aromatic carboxylic acids is 1. The quantitative estimate of drug-likeness (QED) is 0.516. The highest BCUT2D eigenvalue weighted by Gasteiger charge is 2.21. The van der Waals surface area contributed by atoms with Gasteiger partial charge >= 0.3 is 5.97 Å². The van der Waals surface area contributed by atoms with Gasteiger partial charge in [-0.1, -0.05) is 12.1 Å². The van der Waals surface area contributed by atoms with E-state index < -0.39 is 5.97 Å². The number of nitrogens with one attached hydrogen (secondary N) is 1. The molecule has 0 atom stereocenters. The molecule has 0 unspecified atom stereocenters. The van der Waals surface area contributed by atoms with Crippen molar-refractivity contribution in [1.29, 1.82) is 0 Å². The molecule has 27 heavy (non-hydrogen) atoms. The molecule has 144 valence electrons. The van der Waals surface area contributed by atoms with Crippen LogP contribution in [0, 0.1) is 7.14 Å². The van der Waals surface area contributed by atoms with E-state index in [-0.39, 0.29) is 5.91 Å². The van der Waals surface area contributed by atoms with Crippen LogP contribution in [0.15, 0.2) is 48.5 Å². The maximum Gasteiger partial charge on any atom is 0.335 e. The highest BCUT2D eigenvalue weighted by Crippen LogP contribution is 2.14. The molecule has 2 heterocycles. The molecular weight excluding hydrogens is 570 g/mol. The number of amides is 1. The number of carbonyl (C=O) groups excluding carboxylic acids is 1. The van der Waals surface area contributed by atoms with Gasteiger partial charge in [-0.3, -0.25) is 4.79 Å². The molecule has 2 aromatic carbocycles. The number of rotatable bonds is 2. The van der Waals surface area contributed by atoms with Crippen molar-refractivity contribution in [2.75, 3.05) is 26.2 Å². The summed E-state index contributed by atoms with van der Waals surface area (Å²) in [5.74, 6) is -0.705. The number of carbonyl (C=O) groups is 2. The van der Waals surface area contributed by atoms with Crippen molar-refractivity contribution in [1.82, 2.24) is 10.2 Å². The maximum atomic E-state index is 11.7. The van der Waals surface area contributed by atoms with Crippen molar-refractivity contribution < 1.29 is 14.7 Å². The summed E-state index contributed by atoms with van der Waals surface area (Å²) in [4.78, 5) is 23.9.